The predicted octanol–water partition coefficient (Wildman–Crippen LogP) is 3.26. The van der Waals surface area contributed by atoms with Crippen molar-refractivity contribution in [2.24, 2.45) is 5.92 Å². The highest BCUT2D eigenvalue weighted by molar-refractivity contribution is 5.79. The van der Waals surface area contributed by atoms with E-state index in [4.69, 9.17) is 9.68 Å². The minimum atomic E-state index is -0.0210. The number of aryl methyl sites for hydroxylation is 2. The Morgan fingerprint density at radius 1 is 1.35 bits per heavy atom. The van der Waals surface area contributed by atoms with Gasteiger partial charge in [0.05, 0.1) is 6.04 Å². The first-order chi connectivity index (χ1) is 12.5. The van der Waals surface area contributed by atoms with Gasteiger partial charge in [0.1, 0.15) is 6.07 Å². The summed E-state index contributed by atoms with van der Waals surface area (Å²) in [5.74, 6) is 1.09. The monoisotopic (exact) mass is 352 g/mol. The summed E-state index contributed by atoms with van der Waals surface area (Å²) in [5, 5.41) is 12.3. The van der Waals surface area contributed by atoms with Crippen LogP contribution in [-0.4, -0.2) is 24.0 Å². The SMILES string of the molecule is Cc1nc(C#N)c(N2CCC(C(=O)N[C@H](C)c3ccccc3C)CC2)o1. The van der Waals surface area contributed by atoms with Gasteiger partial charge in [-0.2, -0.15) is 5.26 Å². The molecule has 1 aliphatic rings. The molecule has 1 aliphatic heterocycles. The molecule has 0 radical (unpaired) electrons. The van der Waals surface area contributed by atoms with Gasteiger partial charge in [0.15, 0.2) is 5.89 Å². The van der Waals surface area contributed by atoms with E-state index in [1.54, 1.807) is 6.92 Å². The molecule has 3 rings (SSSR count). The summed E-state index contributed by atoms with van der Waals surface area (Å²) in [6.07, 6.45) is 1.47. The van der Waals surface area contributed by atoms with Crippen LogP contribution in [0.15, 0.2) is 28.7 Å². The van der Waals surface area contributed by atoms with Gasteiger partial charge < -0.3 is 14.6 Å². The lowest BCUT2D eigenvalue weighted by Crippen LogP contribution is -2.41. The first-order valence-corrected chi connectivity index (χ1v) is 8.98. The van der Waals surface area contributed by atoms with Crippen LogP contribution in [0.1, 0.15) is 48.5 Å². The van der Waals surface area contributed by atoms with Gasteiger partial charge in [0.25, 0.3) is 0 Å². The molecule has 1 fully saturated rings. The summed E-state index contributed by atoms with van der Waals surface area (Å²) in [4.78, 5) is 18.7. The molecule has 26 heavy (non-hydrogen) atoms. The largest absolute Gasteiger partial charge is 0.424 e. The fourth-order valence-corrected chi connectivity index (χ4v) is 3.53. The summed E-state index contributed by atoms with van der Waals surface area (Å²) in [6.45, 7) is 7.17. The number of piperidine rings is 1. The zero-order valence-corrected chi connectivity index (χ0v) is 15.5. The molecule has 2 heterocycles. The average molecular weight is 352 g/mol. The van der Waals surface area contributed by atoms with E-state index < -0.39 is 0 Å². The molecule has 2 aromatic rings. The molecule has 1 aromatic heterocycles. The van der Waals surface area contributed by atoms with Crippen LogP contribution in [-0.2, 0) is 4.79 Å². The predicted molar refractivity (Wildman–Crippen MR) is 98.6 cm³/mol. The number of carbonyl (C=O) groups is 1. The highest BCUT2D eigenvalue weighted by Gasteiger charge is 2.29. The molecule has 1 atom stereocenters. The summed E-state index contributed by atoms with van der Waals surface area (Å²) < 4.78 is 5.57. The van der Waals surface area contributed by atoms with Crippen molar-refractivity contribution in [1.82, 2.24) is 10.3 Å². The molecule has 6 heteroatoms. The highest BCUT2D eigenvalue weighted by atomic mass is 16.4. The van der Waals surface area contributed by atoms with Crippen LogP contribution in [0.4, 0.5) is 5.88 Å². The number of nitrogens with zero attached hydrogens (tertiary/aromatic N) is 3. The van der Waals surface area contributed by atoms with E-state index in [0.717, 1.165) is 18.4 Å². The fourth-order valence-electron chi connectivity index (χ4n) is 3.53. The van der Waals surface area contributed by atoms with Gasteiger partial charge in [-0.25, -0.2) is 4.98 Å². The van der Waals surface area contributed by atoms with Crippen LogP contribution in [0.3, 0.4) is 0 Å². The second kappa shape index (κ2) is 7.61. The van der Waals surface area contributed by atoms with Crippen molar-refractivity contribution in [1.29, 1.82) is 5.26 Å². The van der Waals surface area contributed by atoms with Crippen molar-refractivity contribution < 1.29 is 9.21 Å². The van der Waals surface area contributed by atoms with Crippen LogP contribution >= 0.6 is 0 Å². The minimum Gasteiger partial charge on any atom is -0.424 e. The van der Waals surface area contributed by atoms with E-state index >= 15 is 0 Å². The Morgan fingerprint density at radius 2 is 2.04 bits per heavy atom. The quantitative estimate of drug-likeness (QED) is 0.913. The minimum absolute atomic E-state index is 0.0103. The van der Waals surface area contributed by atoms with E-state index in [2.05, 4.69) is 35.4 Å². The van der Waals surface area contributed by atoms with E-state index in [1.165, 1.54) is 5.56 Å². The number of hydrogen-bond acceptors (Lipinski definition) is 5. The molecular formula is C20H24N4O2. The summed E-state index contributed by atoms with van der Waals surface area (Å²) in [6, 6.07) is 10.2. The number of amides is 1. The summed E-state index contributed by atoms with van der Waals surface area (Å²) in [5.41, 5.74) is 2.65. The van der Waals surface area contributed by atoms with Gasteiger partial charge in [-0.1, -0.05) is 24.3 Å². The van der Waals surface area contributed by atoms with E-state index in [-0.39, 0.29) is 17.9 Å². The molecule has 1 saturated heterocycles. The Balaban J connectivity index is 1.58. The molecule has 0 unspecified atom stereocenters. The molecule has 0 saturated carbocycles. The average Bonchev–Trinajstić information content (AvgIpc) is 3.03. The molecule has 1 amide bonds. The molecule has 0 aliphatic carbocycles. The number of rotatable bonds is 4. The first kappa shape index (κ1) is 18.0. The van der Waals surface area contributed by atoms with Crippen LogP contribution in [0.2, 0.25) is 0 Å². The summed E-state index contributed by atoms with van der Waals surface area (Å²) >= 11 is 0. The zero-order chi connectivity index (χ0) is 18.7. The lowest BCUT2D eigenvalue weighted by molar-refractivity contribution is -0.126. The molecule has 6 nitrogen and oxygen atoms in total. The van der Waals surface area contributed by atoms with E-state index in [0.29, 0.717) is 30.6 Å². The zero-order valence-electron chi connectivity index (χ0n) is 15.5. The maximum Gasteiger partial charge on any atom is 0.234 e. The molecule has 1 N–H and O–H groups in total. The number of benzene rings is 1. The summed E-state index contributed by atoms with van der Waals surface area (Å²) in [7, 11) is 0. The van der Waals surface area contributed by atoms with Crippen molar-refractivity contribution >= 4 is 11.8 Å². The molecular weight excluding hydrogens is 328 g/mol. The molecule has 0 bridgehead atoms. The van der Waals surface area contributed by atoms with Gasteiger partial charge in [0.2, 0.25) is 17.5 Å². The third-order valence-electron chi connectivity index (χ3n) is 4.99. The molecule has 136 valence electrons. The van der Waals surface area contributed by atoms with Gasteiger partial charge in [0, 0.05) is 25.9 Å². The molecule has 0 spiro atoms. The number of anilines is 1. The number of nitrogens with one attached hydrogen (secondary N) is 1. The van der Waals surface area contributed by atoms with Gasteiger partial charge in [-0.15, -0.1) is 0 Å². The Kier molecular flexibility index (Phi) is 5.27. The molecule has 1 aromatic carbocycles. The highest BCUT2D eigenvalue weighted by Crippen LogP contribution is 2.27. The van der Waals surface area contributed by atoms with Gasteiger partial charge >= 0.3 is 0 Å². The maximum absolute atomic E-state index is 12.6. The van der Waals surface area contributed by atoms with Crippen molar-refractivity contribution in [3.8, 4) is 6.07 Å². The number of oxazole rings is 1. The van der Waals surface area contributed by atoms with Gasteiger partial charge in [-0.05, 0) is 37.8 Å². The Labute approximate surface area is 153 Å². The number of aromatic nitrogens is 1. The van der Waals surface area contributed by atoms with Crippen LogP contribution in [0.5, 0.6) is 0 Å². The van der Waals surface area contributed by atoms with E-state index in [9.17, 15) is 4.79 Å². The lowest BCUT2D eigenvalue weighted by atomic mass is 9.94. The topological polar surface area (TPSA) is 82.2 Å². The van der Waals surface area contributed by atoms with Crippen molar-refractivity contribution in [2.45, 2.75) is 39.7 Å². The number of carbonyl (C=O) groups excluding carboxylic acids is 1. The fraction of sp³-hybridized carbons (Fsp3) is 0.450. The standard InChI is InChI=1S/C20H24N4O2/c1-13-6-4-5-7-17(13)14(2)22-19(25)16-8-10-24(11-9-16)20-18(12-21)23-15(3)26-20/h4-7,14,16H,8-11H2,1-3H3,(H,22,25)/t14-/m1/s1. The number of hydrogen-bond donors (Lipinski definition) is 1. The second-order valence-corrected chi connectivity index (χ2v) is 6.85. The maximum atomic E-state index is 12.6. The van der Waals surface area contributed by atoms with Crippen molar-refractivity contribution in [3.63, 3.8) is 0 Å². The lowest BCUT2D eigenvalue weighted by Gasteiger charge is -2.31. The van der Waals surface area contributed by atoms with Crippen LogP contribution < -0.4 is 10.2 Å². The smallest absolute Gasteiger partial charge is 0.234 e. The van der Waals surface area contributed by atoms with Crippen molar-refractivity contribution in [3.05, 3.63) is 47.0 Å². The number of nitriles is 1. The third-order valence-corrected chi connectivity index (χ3v) is 4.99. The van der Waals surface area contributed by atoms with E-state index in [1.807, 2.05) is 24.0 Å². The first-order valence-electron chi connectivity index (χ1n) is 8.98. The second-order valence-electron chi connectivity index (χ2n) is 6.85. The normalized spacial score (nSPS) is 16.2. The Bertz CT molecular complexity index is 829. The Morgan fingerprint density at radius 3 is 2.69 bits per heavy atom. The third kappa shape index (κ3) is 3.72. The van der Waals surface area contributed by atoms with Crippen LogP contribution in [0, 0.1) is 31.1 Å². The van der Waals surface area contributed by atoms with Gasteiger partial charge in [-0.3, -0.25) is 4.79 Å². The Hall–Kier alpha value is -2.81. The van der Waals surface area contributed by atoms with Crippen LogP contribution in [0.25, 0.3) is 0 Å². The van der Waals surface area contributed by atoms with Crippen molar-refractivity contribution in [2.75, 3.05) is 18.0 Å².